The van der Waals surface area contributed by atoms with E-state index in [0.717, 1.165) is 13.0 Å². The van der Waals surface area contributed by atoms with E-state index in [1.165, 1.54) is 17.7 Å². The number of thiophene rings is 1. The molecule has 1 aromatic rings. The van der Waals surface area contributed by atoms with Gasteiger partial charge < -0.3 is 10.6 Å². The first-order chi connectivity index (χ1) is 8.70. The minimum absolute atomic E-state index is 0.297. The molecule has 0 aromatic carbocycles. The van der Waals surface area contributed by atoms with Crippen LogP contribution in [0.2, 0.25) is 0 Å². The maximum atomic E-state index is 12.3. The van der Waals surface area contributed by atoms with E-state index in [9.17, 15) is 4.79 Å². The minimum Gasteiger partial charge on any atom is -0.335 e. The van der Waals surface area contributed by atoms with E-state index in [-0.39, 0.29) is 0 Å². The molecule has 1 aliphatic carbocycles. The predicted molar refractivity (Wildman–Crippen MR) is 75.3 cm³/mol. The highest BCUT2D eigenvalue weighted by Gasteiger charge is 2.32. The van der Waals surface area contributed by atoms with Crippen molar-refractivity contribution < 1.29 is 4.79 Å². The summed E-state index contributed by atoms with van der Waals surface area (Å²) >= 11 is 1.73. The Morgan fingerprint density at radius 1 is 1.61 bits per heavy atom. The van der Waals surface area contributed by atoms with E-state index in [4.69, 9.17) is 5.73 Å². The molecular formula is C14H22N2OS. The van der Waals surface area contributed by atoms with Gasteiger partial charge in [0, 0.05) is 17.3 Å². The predicted octanol–water partition coefficient (Wildman–Crippen LogP) is 2.61. The molecule has 1 atom stereocenters. The fourth-order valence-corrected chi connectivity index (χ4v) is 2.71. The molecule has 0 bridgehead atoms. The topological polar surface area (TPSA) is 46.3 Å². The summed E-state index contributed by atoms with van der Waals surface area (Å²) in [5, 5.41) is 2.07. The van der Waals surface area contributed by atoms with Crippen LogP contribution in [0.1, 0.15) is 37.5 Å². The monoisotopic (exact) mass is 266 g/mol. The van der Waals surface area contributed by atoms with E-state index in [0.29, 0.717) is 30.8 Å². The summed E-state index contributed by atoms with van der Waals surface area (Å²) in [6.07, 6.45) is 3.89. The molecule has 0 spiro atoms. The molecule has 0 radical (unpaired) electrons. The lowest BCUT2D eigenvalue weighted by molar-refractivity contribution is -0.132. The maximum Gasteiger partial charge on any atom is 0.223 e. The van der Waals surface area contributed by atoms with Crippen LogP contribution in [0, 0.1) is 5.92 Å². The summed E-state index contributed by atoms with van der Waals surface area (Å²) in [5.41, 5.74) is 5.59. The zero-order valence-electron chi connectivity index (χ0n) is 11.0. The van der Waals surface area contributed by atoms with Gasteiger partial charge in [-0.1, -0.05) is 13.0 Å². The minimum atomic E-state index is 0.297. The van der Waals surface area contributed by atoms with Crippen LogP contribution in [0.3, 0.4) is 0 Å². The van der Waals surface area contributed by atoms with Crippen molar-refractivity contribution in [1.82, 2.24) is 4.90 Å². The van der Waals surface area contributed by atoms with Crippen molar-refractivity contribution in [2.45, 2.75) is 45.2 Å². The molecule has 0 aliphatic heterocycles. The average molecular weight is 266 g/mol. The Balaban J connectivity index is 1.87. The third-order valence-corrected chi connectivity index (χ3v) is 4.33. The molecule has 1 saturated carbocycles. The Kier molecular flexibility index (Phi) is 4.78. The smallest absolute Gasteiger partial charge is 0.223 e. The number of carbonyl (C=O) groups is 1. The molecule has 2 N–H and O–H groups in total. The molecular weight excluding hydrogens is 244 g/mol. The number of rotatable bonds is 7. The molecule has 4 heteroatoms. The number of hydrogen-bond donors (Lipinski definition) is 1. The average Bonchev–Trinajstić information content (AvgIpc) is 3.09. The molecule has 3 nitrogen and oxygen atoms in total. The zero-order chi connectivity index (χ0) is 13.0. The third kappa shape index (κ3) is 3.82. The van der Waals surface area contributed by atoms with Gasteiger partial charge in [-0.05, 0) is 43.2 Å². The summed E-state index contributed by atoms with van der Waals surface area (Å²) in [7, 11) is 0. The molecule has 1 fully saturated rings. The summed E-state index contributed by atoms with van der Waals surface area (Å²) < 4.78 is 0. The van der Waals surface area contributed by atoms with Crippen molar-refractivity contribution in [1.29, 1.82) is 0 Å². The Morgan fingerprint density at radius 2 is 2.39 bits per heavy atom. The van der Waals surface area contributed by atoms with E-state index in [1.54, 1.807) is 11.3 Å². The van der Waals surface area contributed by atoms with Gasteiger partial charge in [0.15, 0.2) is 0 Å². The molecule has 0 saturated heterocycles. The number of hydrogen-bond acceptors (Lipinski definition) is 3. The van der Waals surface area contributed by atoms with Crippen molar-refractivity contribution in [2.75, 3.05) is 6.54 Å². The summed E-state index contributed by atoms with van der Waals surface area (Å²) in [5.74, 6) is 0.739. The van der Waals surface area contributed by atoms with Gasteiger partial charge in [0.25, 0.3) is 0 Å². The lowest BCUT2D eigenvalue weighted by atomic mass is 10.1. The lowest BCUT2D eigenvalue weighted by Gasteiger charge is -2.22. The van der Waals surface area contributed by atoms with Gasteiger partial charge in [-0.3, -0.25) is 4.79 Å². The number of amides is 1. The first-order valence-corrected chi connectivity index (χ1v) is 7.60. The first-order valence-electron chi connectivity index (χ1n) is 6.72. The standard InChI is InChI=1S/C14H22N2OS/c1-11(9-15)4-7-14(17)16(12-5-6-12)10-13-3-2-8-18-13/h2-3,8,11-12H,4-7,9-10,15H2,1H3. The summed E-state index contributed by atoms with van der Waals surface area (Å²) in [4.78, 5) is 15.6. The van der Waals surface area contributed by atoms with Crippen molar-refractivity contribution in [3.8, 4) is 0 Å². The molecule has 1 unspecified atom stereocenters. The van der Waals surface area contributed by atoms with Crippen LogP contribution in [0.15, 0.2) is 17.5 Å². The third-order valence-electron chi connectivity index (χ3n) is 3.47. The van der Waals surface area contributed by atoms with Crippen molar-refractivity contribution in [3.05, 3.63) is 22.4 Å². The van der Waals surface area contributed by atoms with E-state index < -0.39 is 0 Å². The van der Waals surface area contributed by atoms with Crippen LogP contribution < -0.4 is 5.73 Å². The van der Waals surface area contributed by atoms with Gasteiger partial charge in [-0.25, -0.2) is 0 Å². The molecule has 18 heavy (non-hydrogen) atoms. The number of nitrogens with zero attached hydrogens (tertiary/aromatic N) is 1. The van der Waals surface area contributed by atoms with Crippen LogP contribution in [0.4, 0.5) is 0 Å². The SMILES string of the molecule is CC(CN)CCC(=O)N(Cc1cccs1)C1CC1. The Bertz CT molecular complexity index is 373. The summed E-state index contributed by atoms with van der Waals surface area (Å²) in [6.45, 7) is 3.56. The quantitative estimate of drug-likeness (QED) is 0.824. The normalized spacial score (nSPS) is 16.6. The van der Waals surface area contributed by atoms with Gasteiger partial charge in [-0.15, -0.1) is 11.3 Å². The van der Waals surface area contributed by atoms with Crippen molar-refractivity contribution in [2.24, 2.45) is 11.7 Å². The Morgan fingerprint density at radius 3 is 2.94 bits per heavy atom. The van der Waals surface area contributed by atoms with Crippen LogP contribution in [-0.4, -0.2) is 23.4 Å². The highest BCUT2D eigenvalue weighted by molar-refractivity contribution is 7.09. The number of nitrogens with two attached hydrogens (primary N) is 1. The van der Waals surface area contributed by atoms with Gasteiger partial charge in [-0.2, -0.15) is 0 Å². The van der Waals surface area contributed by atoms with Crippen LogP contribution >= 0.6 is 11.3 Å². The molecule has 2 rings (SSSR count). The van der Waals surface area contributed by atoms with Gasteiger partial charge in [0.1, 0.15) is 0 Å². The first kappa shape index (κ1) is 13.6. The second-order valence-electron chi connectivity index (χ2n) is 5.21. The highest BCUT2D eigenvalue weighted by Crippen LogP contribution is 2.30. The van der Waals surface area contributed by atoms with E-state index in [1.807, 2.05) is 6.07 Å². The Labute approximate surface area is 113 Å². The van der Waals surface area contributed by atoms with Gasteiger partial charge in [0.2, 0.25) is 5.91 Å². The van der Waals surface area contributed by atoms with Crippen LogP contribution in [-0.2, 0) is 11.3 Å². The van der Waals surface area contributed by atoms with Crippen LogP contribution in [0.25, 0.3) is 0 Å². The van der Waals surface area contributed by atoms with E-state index >= 15 is 0 Å². The molecule has 1 aliphatic rings. The second-order valence-corrected chi connectivity index (χ2v) is 6.24. The second kappa shape index (κ2) is 6.34. The molecule has 1 aromatic heterocycles. The highest BCUT2D eigenvalue weighted by atomic mass is 32.1. The largest absolute Gasteiger partial charge is 0.335 e. The Hall–Kier alpha value is -0.870. The molecule has 1 heterocycles. The van der Waals surface area contributed by atoms with Crippen molar-refractivity contribution in [3.63, 3.8) is 0 Å². The fourth-order valence-electron chi connectivity index (χ4n) is 2.01. The van der Waals surface area contributed by atoms with E-state index in [2.05, 4.69) is 23.3 Å². The van der Waals surface area contributed by atoms with Crippen molar-refractivity contribution >= 4 is 17.2 Å². The number of carbonyl (C=O) groups excluding carboxylic acids is 1. The fraction of sp³-hybridized carbons (Fsp3) is 0.643. The van der Waals surface area contributed by atoms with Crippen LogP contribution in [0.5, 0.6) is 0 Å². The molecule has 100 valence electrons. The zero-order valence-corrected chi connectivity index (χ0v) is 11.8. The maximum absolute atomic E-state index is 12.3. The lowest BCUT2D eigenvalue weighted by Crippen LogP contribution is -2.32. The summed E-state index contributed by atoms with van der Waals surface area (Å²) in [6, 6.07) is 4.65. The van der Waals surface area contributed by atoms with Gasteiger partial charge in [0.05, 0.1) is 6.54 Å². The van der Waals surface area contributed by atoms with Gasteiger partial charge >= 0.3 is 0 Å². The molecule has 1 amide bonds.